The molecule has 6 nitrogen and oxygen atoms in total. The highest BCUT2D eigenvalue weighted by Gasteiger charge is 2.31. The van der Waals surface area contributed by atoms with Gasteiger partial charge in [-0.3, -0.25) is 4.79 Å². The lowest BCUT2D eigenvalue weighted by Gasteiger charge is -2.34. The van der Waals surface area contributed by atoms with E-state index in [1.807, 2.05) is 0 Å². The van der Waals surface area contributed by atoms with E-state index in [-0.39, 0.29) is 23.2 Å². The zero-order chi connectivity index (χ0) is 19.4. The van der Waals surface area contributed by atoms with Gasteiger partial charge in [0, 0.05) is 25.2 Å². The number of carbonyl (C=O) groups excluding carboxylic acids is 1. The first-order chi connectivity index (χ1) is 12.9. The zero-order valence-electron chi connectivity index (χ0n) is 16.7. The number of hydrogen-bond donors (Lipinski definition) is 2. The van der Waals surface area contributed by atoms with Crippen molar-refractivity contribution in [3.05, 3.63) is 29.8 Å². The quantitative estimate of drug-likeness (QED) is 0.728. The first-order valence-corrected chi connectivity index (χ1v) is 11.4. The van der Waals surface area contributed by atoms with Crippen LogP contribution in [-0.4, -0.2) is 51.4 Å². The molecule has 2 saturated heterocycles. The molecule has 0 radical (unpaired) electrons. The van der Waals surface area contributed by atoms with Crippen LogP contribution >= 0.6 is 12.4 Å². The Morgan fingerprint density at radius 3 is 2.39 bits per heavy atom. The highest BCUT2D eigenvalue weighted by atomic mass is 35.5. The Morgan fingerprint density at radius 1 is 1.18 bits per heavy atom. The van der Waals surface area contributed by atoms with Gasteiger partial charge in [0.2, 0.25) is 10.0 Å². The van der Waals surface area contributed by atoms with Crippen molar-refractivity contribution in [3.63, 3.8) is 0 Å². The number of hydrogen-bond acceptors (Lipinski definition) is 4. The summed E-state index contributed by atoms with van der Waals surface area (Å²) in [6.07, 6.45) is 3.19. The van der Waals surface area contributed by atoms with Gasteiger partial charge in [-0.1, -0.05) is 13.8 Å². The summed E-state index contributed by atoms with van der Waals surface area (Å²) in [5.41, 5.74) is 0.499. The lowest BCUT2D eigenvalue weighted by Crippen LogP contribution is -2.42. The maximum absolute atomic E-state index is 12.9. The average Bonchev–Trinajstić information content (AvgIpc) is 3.14. The Balaban J connectivity index is 0.00000280. The largest absolute Gasteiger partial charge is 0.352 e. The van der Waals surface area contributed by atoms with Gasteiger partial charge in [-0.2, -0.15) is 4.31 Å². The van der Waals surface area contributed by atoms with Gasteiger partial charge in [-0.15, -0.1) is 12.4 Å². The second kappa shape index (κ2) is 10.1. The van der Waals surface area contributed by atoms with Crippen LogP contribution in [0.25, 0.3) is 0 Å². The van der Waals surface area contributed by atoms with Crippen molar-refractivity contribution < 1.29 is 13.2 Å². The lowest BCUT2D eigenvalue weighted by atomic mass is 9.94. The van der Waals surface area contributed by atoms with Crippen LogP contribution in [0, 0.1) is 17.8 Å². The van der Waals surface area contributed by atoms with Gasteiger partial charge in [0.25, 0.3) is 5.91 Å². The molecule has 3 atom stereocenters. The molecule has 1 aromatic rings. The second-order valence-corrected chi connectivity index (χ2v) is 10.1. The third kappa shape index (κ3) is 5.69. The molecule has 2 aliphatic heterocycles. The summed E-state index contributed by atoms with van der Waals surface area (Å²) in [5.74, 6) is 1.21. The Kier molecular flexibility index (Phi) is 8.30. The molecule has 0 bridgehead atoms. The van der Waals surface area contributed by atoms with E-state index in [0.717, 1.165) is 32.4 Å². The van der Waals surface area contributed by atoms with E-state index in [1.54, 1.807) is 28.6 Å². The summed E-state index contributed by atoms with van der Waals surface area (Å²) in [6, 6.07) is 6.32. The Labute approximate surface area is 174 Å². The van der Waals surface area contributed by atoms with E-state index in [4.69, 9.17) is 0 Å². The van der Waals surface area contributed by atoms with Gasteiger partial charge in [0.05, 0.1) is 4.90 Å². The van der Waals surface area contributed by atoms with Crippen molar-refractivity contribution >= 4 is 28.3 Å². The number of nitrogens with zero attached hydrogens (tertiary/aromatic N) is 1. The highest BCUT2D eigenvalue weighted by molar-refractivity contribution is 7.89. The van der Waals surface area contributed by atoms with Crippen molar-refractivity contribution in [1.29, 1.82) is 0 Å². The average molecular weight is 430 g/mol. The molecule has 2 fully saturated rings. The van der Waals surface area contributed by atoms with Crippen molar-refractivity contribution in [2.24, 2.45) is 17.8 Å². The maximum Gasteiger partial charge on any atom is 0.251 e. The molecule has 2 heterocycles. The van der Waals surface area contributed by atoms with Crippen LogP contribution < -0.4 is 10.6 Å². The monoisotopic (exact) mass is 429 g/mol. The molecule has 3 unspecified atom stereocenters. The topological polar surface area (TPSA) is 78.5 Å². The van der Waals surface area contributed by atoms with Crippen LogP contribution in [0.4, 0.5) is 0 Å². The van der Waals surface area contributed by atoms with Crippen LogP contribution in [-0.2, 0) is 10.0 Å². The molecule has 0 saturated carbocycles. The minimum atomic E-state index is -3.50. The fourth-order valence-electron chi connectivity index (χ4n) is 4.18. The van der Waals surface area contributed by atoms with Crippen molar-refractivity contribution in [2.45, 2.75) is 38.0 Å². The minimum Gasteiger partial charge on any atom is -0.352 e. The summed E-state index contributed by atoms with van der Waals surface area (Å²) in [4.78, 5) is 12.5. The summed E-state index contributed by atoms with van der Waals surface area (Å²) < 4.78 is 27.4. The van der Waals surface area contributed by atoms with Crippen LogP contribution in [0.5, 0.6) is 0 Å². The van der Waals surface area contributed by atoms with Crippen molar-refractivity contribution in [1.82, 2.24) is 14.9 Å². The number of benzene rings is 1. The number of sulfonamides is 1. The SMILES string of the molecule is CC1CC(C)CN(S(=O)(=O)c2ccc(C(=O)NCCC3CCNC3)cc2)C1.Cl. The molecule has 28 heavy (non-hydrogen) atoms. The van der Waals surface area contributed by atoms with Crippen LogP contribution in [0.3, 0.4) is 0 Å². The van der Waals surface area contributed by atoms with Crippen LogP contribution in [0.1, 0.15) is 43.5 Å². The molecular weight excluding hydrogens is 398 g/mol. The third-order valence-electron chi connectivity index (χ3n) is 5.59. The van der Waals surface area contributed by atoms with Crippen molar-refractivity contribution in [2.75, 3.05) is 32.7 Å². The summed E-state index contributed by atoms with van der Waals surface area (Å²) in [7, 11) is -3.50. The van der Waals surface area contributed by atoms with Crippen molar-refractivity contribution in [3.8, 4) is 0 Å². The molecule has 1 amide bonds. The summed E-state index contributed by atoms with van der Waals surface area (Å²) in [6.45, 7) is 8.03. The van der Waals surface area contributed by atoms with Gasteiger partial charge in [0.15, 0.2) is 0 Å². The molecule has 2 aliphatic rings. The minimum absolute atomic E-state index is 0. The molecule has 8 heteroatoms. The predicted molar refractivity (Wildman–Crippen MR) is 113 cm³/mol. The molecule has 3 rings (SSSR count). The highest BCUT2D eigenvalue weighted by Crippen LogP contribution is 2.26. The van der Waals surface area contributed by atoms with E-state index >= 15 is 0 Å². The van der Waals surface area contributed by atoms with E-state index in [2.05, 4.69) is 24.5 Å². The molecular formula is C20H32ClN3O3S. The normalized spacial score (nSPS) is 25.9. The zero-order valence-corrected chi connectivity index (χ0v) is 18.3. The predicted octanol–water partition coefficient (Wildman–Crippen LogP) is 2.50. The van der Waals surface area contributed by atoms with Gasteiger partial charge in [-0.25, -0.2) is 8.42 Å². The smallest absolute Gasteiger partial charge is 0.251 e. The van der Waals surface area contributed by atoms with Crippen LogP contribution in [0.15, 0.2) is 29.2 Å². The van der Waals surface area contributed by atoms with Gasteiger partial charge in [-0.05, 0) is 74.4 Å². The number of amides is 1. The first-order valence-electron chi connectivity index (χ1n) is 9.95. The second-order valence-electron chi connectivity index (χ2n) is 8.20. The number of nitrogens with one attached hydrogen (secondary N) is 2. The number of piperidine rings is 1. The lowest BCUT2D eigenvalue weighted by molar-refractivity contribution is 0.0951. The van der Waals surface area contributed by atoms with E-state index in [0.29, 0.717) is 43.0 Å². The molecule has 1 aromatic carbocycles. The summed E-state index contributed by atoms with van der Waals surface area (Å²) in [5, 5.41) is 6.25. The Morgan fingerprint density at radius 2 is 1.82 bits per heavy atom. The standard InChI is InChI=1S/C20H31N3O3S.ClH/c1-15-11-16(2)14-23(13-15)27(25,26)19-5-3-18(4-6-19)20(24)22-10-8-17-7-9-21-12-17;/h3-6,15-17,21H,7-14H2,1-2H3,(H,22,24);1H. The van der Waals surface area contributed by atoms with Gasteiger partial charge in [0.1, 0.15) is 0 Å². The number of carbonyl (C=O) groups is 1. The molecule has 0 aromatic heterocycles. The fraction of sp³-hybridized carbons (Fsp3) is 0.650. The molecule has 0 spiro atoms. The Hall–Kier alpha value is -1.15. The van der Waals surface area contributed by atoms with E-state index in [9.17, 15) is 13.2 Å². The van der Waals surface area contributed by atoms with Gasteiger partial charge < -0.3 is 10.6 Å². The van der Waals surface area contributed by atoms with Crippen LogP contribution in [0.2, 0.25) is 0 Å². The Bertz CT molecular complexity index is 738. The van der Waals surface area contributed by atoms with E-state index in [1.165, 1.54) is 0 Å². The third-order valence-corrected chi connectivity index (χ3v) is 7.44. The number of rotatable bonds is 6. The molecule has 158 valence electrons. The molecule has 2 N–H and O–H groups in total. The van der Waals surface area contributed by atoms with E-state index < -0.39 is 10.0 Å². The first kappa shape index (κ1) is 23.1. The number of halogens is 1. The molecule has 0 aliphatic carbocycles. The summed E-state index contributed by atoms with van der Waals surface area (Å²) >= 11 is 0. The fourth-order valence-corrected chi connectivity index (χ4v) is 5.86. The maximum atomic E-state index is 12.9. The van der Waals surface area contributed by atoms with Gasteiger partial charge >= 0.3 is 0 Å².